The molecule has 0 unspecified atom stereocenters. The summed E-state index contributed by atoms with van der Waals surface area (Å²) in [5, 5.41) is 28.7. The van der Waals surface area contributed by atoms with Crippen LogP contribution in [0, 0.1) is 17.1 Å². The quantitative estimate of drug-likeness (QED) is 0.468. The standard InChI is InChI=1S/C23H19FN6O3S/c1-34(32,33)29-13-23(14-29,6-7-25)30-27-12-21(28-30)18-9-16(11-20-17(18)3-2-8-26-20)15-4-5-22(31)19(24)10-15/h2-5,8-12,31H,6,13-14H2,1H3. The van der Waals surface area contributed by atoms with Gasteiger partial charge in [0.15, 0.2) is 11.6 Å². The largest absolute Gasteiger partial charge is 0.505 e. The Bertz CT molecular complexity index is 1570. The van der Waals surface area contributed by atoms with Crippen LogP contribution in [0.4, 0.5) is 4.39 Å². The summed E-state index contributed by atoms with van der Waals surface area (Å²) >= 11 is 0. The second-order valence-corrected chi connectivity index (χ2v) is 10.4. The van der Waals surface area contributed by atoms with Crippen molar-refractivity contribution in [2.45, 2.75) is 12.0 Å². The van der Waals surface area contributed by atoms with E-state index >= 15 is 0 Å². The molecule has 2 aromatic heterocycles. The zero-order valence-corrected chi connectivity index (χ0v) is 18.9. The smallest absolute Gasteiger partial charge is 0.211 e. The second kappa shape index (κ2) is 7.86. The Morgan fingerprint density at radius 3 is 2.71 bits per heavy atom. The van der Waals surface area contributed by atoms with E-state index < -0.39 is 27.1 Å². The van der Waals surface area contributed by atoms with Crippen molar-refractivity contribution in [3.05, 3.63) is 60.7 Å². The number of phenolic OH excluding ortho intramolecular Hbond substituents is 1. The van der Waals surface area contributed by atoms with Crippen LogP contribution in [0.15, 0.2) is 54.9 Å². The molecular weight excluding hydrogens is 459 g/mol. The average molecular weight is 479 g/mol. The summed E-state index contributed by atoms with van der Waals surface area (Å²) in [6.07, 6.45) is 4.40. The van der Waals surface area contributed by atoms with Crippen LogP contribution < -0.4 is 0 Å². The fraction of sp³-hybridized carbons (Fsp3) is 0.217. The van der Waals surface area contributed by atoms with Crippen LogP contribution in [-0.4, -0.2) is 57.2 Å². The molecule has 0 amide bonds. The third-order valence-electron chi connectivity index (χ3n) is 6.01. The van der Waals surface area contributed by atoms with E-state index in [2.05, 4.69) is 21.3 Å². The van der Waals surface area contributed by atoms with Gasteiger partial charge in [0.05, 0.1) is 30.5 Å². The van der Waals surface area contributed by atoms with Crippen LogP contribution in [0.1, 0.15) is 6.42 Å². The molecule has 172 valence electrons. The molecule has 4 aromatic rings. The monoisotopic (exact) mass is 478 g/mol. The van der Waals surface area contributed by atoms with Crippen LogP contribution in [0.25, 0.3) is 33.3 Å². The van der Waals surface area contributed by atoms with Gasteiger partial charge in [0.2, 0.25) is 10.0 Å². The van der Waals surface area contributed by atoms with Gasteiger partial charge >= 0.3 is 0 Å². The lowest BCUT2D eigenvalue weighted by Gasteiger charge is -2.46. The molecule has 0 saturated carbocycles. The van der Waals surface area contributed by atoms with Crippen LogP contribution in [0.3, 0.4) is 0 Å². The molecule has 1 aliphatic heterocycles. The summed E-state index contributed by atoms with van der Waals surface area (Å²) in [6.45, 7) is 0.227. The van der Waals surface area contributed by atoms with Gasteiger partial charge in [-0.2, -0.15) is 24.6 Å². The minimum Gasteiger partial charge on any atom is -0.505 e. The lowest BCUT2D eigenvalue weighted by molar-refractivity contribution is 0.0579. The van der Waals surface area contributed by atoms with Crippen molar-refractivity contribution in [2.75, 3.05) is 19.3 Å². The predicted octanol–water partition coefficient (Wildman–Crippen LogP) is 2.89. The lowest BCUT2D eigenvalue weighted by atomic mass is 9.90. The van der Waals surface area contributed by atoms with Gasteiger partial charge < -0.3 is 5.11 Å². The molecule has 1 saturated heterocycles. The molecule has 34 heavy (non-hydrogen) atoms. The molecule has 11 heteroatoms. The Balaban J connectivity index is 1.60. The van der Waals surface area contributed by atoms with Gasteiger partial charge in [0, 0.05) is 30.2 Å². The summed E-state index contributed by atoms with van der Waals surface area (Å²) in [5.74, 6) is -1.16. The Morgan fingerprint density at radius 2 is 2.00 bits per heavy atom. The van der Waals surface area contributed by atoms with E-state index in [0.717, 1.165) is 11.6 Å². The van der Waals surface area contributed by atoms with E-state index in [9.17, 15) is 23.2 Å². The molecule has 5 rings (SSSR count). The predicted molar refractivity (Wildman–Crippen MR) is 122 cm³/mol. The van der Waals surface area contributed by atoms with Gasteiger partial charge in [-0.25, -0.2) is 12.8 Å². The summed E-state index contributed by atoms with van der Waals surface area (Å²) in [5.41, 5.74) is 2.26. The molecule has 1 N–H and O–H groups in total. The number of aromatic nitrogens is 4. The zero-order chi connectivity index (χ0) is 24.1. The van der Waals surface area contributed by atoms with Crippen LogP contribution in [0.5, 0.6) is 5.75 Å². The molecule has 0 atom stereocenters. The van der Waals surface area contributed by atoms with Crippen molar-refractivity contribution in [1.29, 1.82) is 5.26 Å². The number of fused-ring (bicyclic) bond motifs is 1. The minimum absolute atomic E-state index is 0.0578. The molecule has 9 nitrogen and oxygen atoms in total. The van der Waals surface area contributed by atoms with Crippen LogP contribution in [-0.2, 0) is 15.6 Å². The highest BCUT2D eigenvalue weighted by Gasteiger charge is 2.50. The maximum absolute atomic E-state index is 14.0. The Labute approximate surface area is 194 Å². The first-order valence-electron chi connectivity index (χ1n) is 10.3. The number of nitriles is 1. The summed E-state index contributed by atoms with van der Waals surface area (Å²) in [4.78, 5) is 5.85. The fourth-order valence-electron chi connectivity index (χ4n) is 4.16. The maximum Gasteiger partial charge on any atom is 0.211 e. The number of nitrogens with zero attached hydrogens (tertiary/aromatic N) is 6. The first-order valence-corrected chi connectivity index (χ1v) is 12.2. The number of benzene rings is 2. The third kappa shape index (κ3) is 3.67. The average Bonchev–Trinajstić information content (AvgIpc) is 3.26. The highest BCUT2D eigenvalue weighted by Crippen LogP contribution is 2.36. The van der Waals surface area contributed by atoms with Gasteiger partial charge in [-0.15, -0.1) is 0 Å². The molecule has 1 fully saturated rings. The van der Waals surface area contributed by atoms with E-state index in [1.54, 1.807) is 24.5 Å². The van der Waals surface area contributed by atoms with E-state index in [0.29, 0.717) is 27.9 Å². The Kier molecular flexibility index (Phi) is 5.07. The number of hydrogen-bond donors (Lipinski definition) is 1. The molecule has 0 spiro atoms. The molecule has 3 heterocycles. The van der Waals surface area contributed by atoms with Crippen molar-refractivity contribution >= 4 is 20.9 Å². The summed E-state index contributed by atoms with van der Waals surface area (Å²) in [6, 6.07) is 13.6. The first-order chi connectivity index (χ1) is 16.2. The summed E-state index contributed by atoms with van der Waals surface area (Å²) < 4.78 is 39.0. The van der Waals surface area contributed by atoms with Crippen molar-refractivity contribution in [3.63, 3.8) is 0 Å². The molecule has 0 aliphatic carbocycles. The van der Waals surface area contributed by atoms with Gasteiger partial charge in [0.1, 0.15) is 11.2 Å². The summed E-state index contributed by atoms with van der Waals surface area (Å²) in [7, 11) is -3.38. The molecule has 1 aliphatic rings. The number of aromatic hydroxyl groups is 1. The number of halogens is 1. The van der Waals surface area contributed by atoms with Gasteiger partial charge in [-0.3, -0.25) is 4.98 Å². The van der Waals surface area contributed by atoms with E-state index in [4.69, 9.17) is 0 Å². The van der Waals surface area contributed by atoms with Crippen molar-refractivity contribution in [1.82, 2.24) is 24.3 Å². The number of hydrogen-bond acceptors (Lipinski definition) is 7. The normalized spacial score (nSPS) is 15.7. The van der Waals surface area contributed by atoms with Gasteiger partial charge in [-0.05, 0) is 41.5 Å². The minimum atomic E-state index is -3.38. The van der Waals surface area contributed by atoms with Crippen molar-refractivity contribution < 1.29 is 17.9 Å². The first kappa shape index (κ1) is 21.9. The number of pyridine rings is 1. The Morgan fingerprint density at radius 1 is 1.21 bits per heavy atom. The zero-order valence-electron chi connectivity index (χ0n) is 18.1. The maximum atomic E-state index is 14.0. The SMILES string of the molecule is CS(=O)(=O)N1CC(CC#N)(n2ncc(-c3cc(-c4ccc(O)c(F)c4)cc4ncccc34)n2)C1. The van der Waals surface area contributed by atoms with Gasteiger partial charge in [-0.1, -0.05) is 12.1 Å². The van der Waals surface area contributed by atoms with E-state index in [1.165, 1.54) is 21.2 Å². The molecule has 0 radical (unpaired) electrons. The van der Waals surface area contributed by atoms with Crippen LogP contribution >= 0.6 is 0 Å². The molecule has 2 aromatic carbocycles. The second-order valence-electron chi connectivity index (χ2n) is 8.37. The topological polar surface area (TPSA) is 125 Å². The van der Waals surface area contributed by atoms with Crippen LogP contribution in [0.2, 0.25) is 0 Å². The molecule has 0 bridgehead atoms. The highest BCUT2D eigenvalue weighted by molar-refractivity contribution is 7.88. The lowest BCUT2D eigenvalue weighted by Crippen LogP contribution is -2.64. The fourth-order valence-corrected chi connectivity index (χ4v) is 5.11. The number of sulfonamides is 1. The Hall–Kier alpha value is -3.88. The van der Waals surface area contributed by atoms with Crippen molar-refractivity contribution in [2.24, 2.45) is 0 Å². The van der Waals surface area contributed by atoms with E-state index in [1.807, 2.05) is 18.2 Å². The van der Waals surface area contributed by atoms with Crippen molar-refractivity contribution in [3.8, 4) is 34.2 Å². The highest BCUT2D eigenvalue weighted by atomic mass is 32.2. The number of phenols is 1. The van der Waals surface area contributed by atoms with E-state index in [-0.39, 0.29) is 19.5 Å². The molecular formula is C23H19FN6O3S. The number of rotatable bonds is 5. The van der Waals surface area contributed by atoms with Gasteiger partial charge in [0.25, 0.3) is 0 Å². The third-order valence-corrected chi connectivity index (χ3v) is 7.21.